The lowest BCUT2D eigenvalue weighted by molar-refractivity contribution is -0.199. The average molecular weight is 617 g/mol. The molecule has 0 aliphatic carbocycles. The molecule has 0 atom stereocenters. The van der Waals surface area contributed by atoms with Gasteiger partial charge in [0.1, 0.15) is 17.5 Å². The van der Waals surface area contributed by atoms with E-state index in [1.54, 1.807) is 4.90 Å². The van der Waals surface area contributed by atoms with Crippen molar-refractivity contribution in [3.05, 3.63) is 69.3 Å². The van der Waals surface area contributed by atoms with Gasteiger partial charge < -0.3 is 10.2 Å². The second-order valence-electron chi connectivity index (χ2n) is 8.29. The fraction of sp³-hybridized carbons (Fsp3) is 0.273. The number of hydrogen-bond donors (Lipinski definition) is 1. The van der Waals surface area contributed by atoms with Crippen LogP contribution in [0, 0.1) is 29.1 Å². The first-order chi connectivity index (χ1) is 18.7. The van der Waals surface area contributed by atoms with Gasteiger partial charge in [-0.05, 0) is 31.6 Å². The van der Waals surface area contributed by atoms with Crippen LogP contribution >= 0.6 is 11.3 Å². The van der Waals surface area contributed by atoms with E-state index >= 15 is 0 Å². The topological polar surface area (TPSA) is 91.8 Å². The van der Waals surface area contributed by atoms with Crippen LogP contribution < -0.4 is 9.79 Å². The number of thiazole rings is 1. The van der Waals surface area contributed by atoms with E-state index in [0.717, 1.165) is 29.4 Å². The number of benzene rings is 2. The van der Waals surface area contributed by atoms with Crippen molar-refractivity contribution in [1.82, 2.24) is 9.88 Å². The third kappa shape index (κ3) is 5.83. The maximum absolute atomic E-state index is 15.0. The van der Waals surface area contributed by atoms with Crippen molar-refractivity contribution < 1.29 is 53.2 Å². The molecule has 1 aliphatic heterocycles. The molecule has 3 aromatic rings. The predicted molar refractivity (Wildman–Crippen MR) is 124 cm³/mol. The lowest BCUT2D eigenvalue weighted by Gasteiger charge is -2.31. The molecule has 1 fully saturated rings. The zero-order valence-corrected chi connectivity index (χ0v) is 21.4. The van der Waals surface area contributed by atoms with Gasteiger partial charge in [0, 0.05) is 35.7 Å². The Morgan fingerprint density at radius 1 is 1.05 bits per heavy atom. The highest BCUT2D eigenvalue weighted by Crippen LogP contribution is 2.33. The summed E-state index contributed by atoms with van der Waals surface area (Å²) in [5, 5.41) is 2.96. The van der Waals surface area contributed by atoms with Gasteiger partial charge in [-0.15, -0.1) is 11.3 Å². The number of halogens is 8. The van der Waals surface area contributed by atoms with E-state index in [4.69, 9.17) is 0 Å². The standard InChI is InChI=1S/C22H16F8N4O4S2/c23-13-2-3-14(24)12(8-33-4-1-5-33)11(13)7-31-16-6-15(25)20(19(27)18(16)26)40(36,37)34(17-9-39-10-32-17)38-21(35)22(28,29)30/h2-3,6,9-10,31H,1,4-5,7-8H2. The normalized spacial score (nSPS) is 14.1. The van der Waals surface area contributed by atoms with E-state index in [1.807, 2.05) is 0 Å². The zero-order valence-electron chi connectivity index (χ0n) is 19.7. The lowest BCUT2D eigenvalue weighted by atomic mass is 10.0. The van der Waals surface area contributed by atoms with Gasteiger partial charge in [-0.1, -0.05) is 4.47 Å². The molecule has 1 saturated heterocycles. The fourth-order valence-electron chi connectivity index (χ4n) is 3.61. The number of nitrogens with zero attached hydrogens (tertiary/aromatic N) is 3. The molecule has 2 aromatic carbocycles. The van der Waals surface area contributed by atoms with E-state index in [0.29, 0.717) is 24.4 Å². The van der Waals surface area contributed by atoms with Crippen LogP contribution in [0.4, 0.5) is 46.6 Å². The molecule has 1 aliphatic rings. The quantitative estimate of drug-likeness (QED) is 0.208. The van der Waals surface area contributed by atoms with Crippen molar-refractivity contribution >= 4 is 38.8 Å². The molecule has 8 nitrogen and oxygen atoms in total. The first-order valence-electron chi connectivity index (χ1n) is 11.0. The minimum atomic E-state index is -5.87. The summed E-state index contributed by atoms with van der Waals surface area (Å²) >= 11 is 0.622. The highest BCUT2D eigenvalue weighted by molar-refractivity contribution is 7.92. The van der Waals surface area contributed by atoms with E-state index in [9.17, 15) is 48.3 Å². The van der Waals surface area contributed by atoms with E-state index in [2.05, 4.69) is 15.1 Å². The first kappa shape index (κ1) is 29.5. The van der Waals surface area contributed by atoms with Gasteiger partial charge in [0.2, 0.25) is 0 Å². The van der Waals surface area contributed by atoms with Crippen molar-refractivity contribution in [3.63, 3.8) is 0 Å². The smallest absolute Gasteiger partial charge is 0.378 e. The summed E-state index contributed by atoms with van der Waals surface area (Å²) in [7, 11) is -5.87. The van der Waals surface area contributed by atoms with Crippen LogP contribution in [0.3, 0.4) is 0 Å². The van der Waals surface area contributed by atoms with Crippen molar-refractivity contribution in [1.29, 1.82) is 0 Å². The van der Waals surface area contributed by atoms with E-state index < -0.39 is 78.7 Å². The molecule has 0 radical (unpaired) electrons. The van der Waals surface area contributed by atoms with Crippen LogP contribution in [0.2, 0.25) is 0 Å². The van der Waals surface area contributed by atoms with E-state index in [1.165, 1.54) is 0 Å². The van der Waals surface area contributed by atoms with Crippen molar-refractivity contribution in [2.45, 2.75) is 30.6 Å². The van der Waals surface area contributed by atoms with Gasteiger partial charge >= 0.3 is 22.2 Å². The minimum Gasteiger partial charge on any atom is -0.378 e. The zero-order chi connectivity index (χ0) is 29.4. The number of nitrogens with one attached hydrogen (secondary N) is 1. The minimum absolute atomic E-state index is 0.00604. The van der Waals surface area contributed by atoms with Gasteiger partial charge in [0.05, 0.1) is 11.2 Å². The third-order valence-electron chi connectivity index (χ3n) is 5.70. The molecule has 216 valence electrons. The maximum atomic E-state index is 15.0. The largest absolute Gasteiger partial charge is 0.493 e. The third-order valence-corrected chi connectivity index (χ3v) is 7.86. The summed E-state index contributed by atoms with van der Waals surface area (Å²) in [6.07, 6.45) is -4.88. The Kier molecular flexibility index (Phi) is 8.23. The van der Waals surface area contributed by atoms with Crippen molar-refractivity contribution in [2.24, 2.45) is 0 Å². The molecule has 0 saturated carbocycles. The number of carbonyl (C=O) groups is 1. The van der Waals surface area contributed by atoms with Gasteiger partial charge in [-0.3, -0.25) is 4.90 Å². The van der Waals surface area contributed by atoms with Crippen LogP contribution in [0.1, 0.15) is 17.5 Å². The van der Waals surface area contributed by atoms with Crippen LogP contribution in [0.25, 0.3) is 0 Å². The van der Waals surface area contributed by atoms with Gasteiger partial charge in [-0.2, -0.15) is 21.6 Å². The SMILES string of the molecule is O=C(ON(c1cscn1)S(=O)(=O)c1c(F)cc(NCc2c(F)ccc(F)c2CN2CCC2)c(F)c1F)C(F)(F)F. The second kappa shape index (κ2) is 11.2. The Hall–Kier alpha value is -3.51. The molecule has 0 spiro atoms. The fourth-order valence-corrected chi connectivity index (χ4v) is 5.49. The summed E-state index contributed by atoms with van der Waals surface area (Å²) in [5.41, 5.74) is -0.475. The summed E-state index contributed by atoms with van der Waals surface area (Å²) in [4.78, 5) is 18.2. The molecule has 0 bridgehead atoms. The molecule has 0 unspecified atom stereocenters. The lowest BCUT2D eigenvalue weighted by Crippen LogP contribution is -2.39. The van der Waals surface area contributed by atoms with Crippen LogP contribution in [-0.2, 0) is 32.7 Å². The summed E-state index contributed by atoms with van der Waals surface area (Å²) in [5.74, 6) is -12.2. The van der Waals surface area contributed by atoms with Gasteiger partial charge in [-0.25, -0.2) is 31.7 Å². The molecule has 18 heteroatoms. The highest BCUT2D eigenvalue weighted by Gasteiger charge is 2.46. The Morgan fingerprint density at radius 3 is 2.25 bits per heavy atom. The molecular formula is C22H16F8N4O4S2. The van der Waals surface area contributed by atoms with Crippen molar-refractivity contribution in [3.8, 4) is 0 Å². The molecule has 1 N–H and O–H groups in total. The molecular weight excluding hydrogens is 600 g/mol. The van der Waals surface area contributed by atoms with Gasteiger partial charge in [0.15, 0.2) is 22.3 Å². The Bertz CT molecular complexity index is 1530. The second-order valence-corrected chi connectivity index (χ2v) is 10.7. The Labute approximate surface area is 224 Å². The molecule has 40 heavy (non-hydrogen) atoms. The maximum Gasteiger partial charge on any atom is 0.493 e. The Balaban J connectivity index is 1.68. The van der Waals surface area contributed by atoms with E-state index in [-0.39, 0.29) is 23.7 Å². The number of rotatable bonds is 9. The van der Waals surface area contributed by atoms with Crippen LogP contribution in [-0.4, -0.2) is 43.5 Å². The number of aromatic nitrogens is 1. The summed E-state index contributed by atoms with van der Waals surface area (Å²) in [6, 6.07) is 1.82. The van der Waals surface area contributed by atoms with Gasteiger partial charge in [0.25, 0.3) is 0 Å². The van der Waals surface area contributed by atoms with Crippen LogP contribution in [0.15, 0.2) is 34.0 Å². The first-order valence-corrected chi connectivity index (χ1v) is 13.4. The summed E-state index contributed by atoms with van der Waals surface area (Å²) in [6.45, 7) is 0.578. The molecule has 2 heterocycles. The average Bonchev–Trinajstić information content (AvgIpc) is 3.37. The predicted octanol–water partition coefficient (Wildman–Crippen LogP) is 4.87. The number of sulfonamides is 1. The number of likely N-dealkylation sites (tertiary alicyclic amines) is 1. The number of alkyl halides is 3. The number of carbonyl (C=O) groups excluding carboxylic acids is 1. The number of anilines is 2. The summed E-state index contributed by atoms with van der Waals surface area (Å²) < 4.78 is 137. The monoisotopic (exact) mass is 616 g/mol. The van der Waals surface area contributed by atoms with Crippen molar-refractivity contribution in [2.75, 3.05) is 22.9 Å². The van der Waals surface area contributed by atoms with Crippen LogP contribution in [0.5, 0.6) is 0 Å². The highest BCUT2D eigenvalue weighted by atomic mass is 32.2. The Morgan fingerprint density at radius 2 is 1.70 bits per heavy atom. The molecule has 4 rings (SSSR count). The number of hydrogen-bond acceptors (Lipinski definition) is 8. The molecule has 1 aromatic heterocycles. The molecule has 0 amide bonds.